The predicted molar refractivity (Wildman–Crippen MR) is 145 cm³/mol. The molecule has 0 saturated carbocycles. The number of thiazole rings is 1. The number of hydrogen-bond acceptors (Lipinski definition) is 5. The average molecular weight is 553 g/mol. The number of thioether (sulfide) groups is 1. The number of carbonyl (C=O) groups is 2. The number of nitrogens with one attached hydrogen (secondary N) is 2. The number of hydrogen-bond donors (Lipinski definition) is 2. The molecule has 1 heterocycles. The van der Waals surface area contributed by atoms with E-state index in [2.05, 4.69) is 31.5 Å². The third-order valence-corrected chi connectivity index (χ3v) is 7.38. The molecule has 0 saturated heterocycles. The van der Waals surface area contributed by atoms with Gasteiger partial charge in [-0.05, 0) is 62.4 Å². The molecule has 34 heavy (non-hydrogen) atoms. The zero-order valence-corrected chi connectivity index (χ0v) is 21.8. The third-order valence-electron chi connectivity index (χ3n) is 4.98. The molecule has 0 fully saturated rings. The number of aryl methyl sites for hydroxylation is 1. The van der Waals surface area contributed by atoms with Gasteiger partial charge in [-0.2, -0.15) is 0 Å². The molecular formula is C26H22BrN3O2S2. The maximum Gasteiger partial charge on any atom is 0.255 e. The molecule has 1 unspecified atom stereocenters. The minimum atomic E-state index is -0.312. The summed E-state index contributed by atoms with van der Waals surface area (Å²) in [5.41, 5.74) is 4.25. The Labute approximate surface area is 215 Å². The second-order valence-corrected chi connectivity index (χ2v) is 10.8. The maximum absolute atomic E-state index is 12.7. The quantitative estimate of drug-likeness (QED) is 0.237. The van der Waals surface area contributed by atoms with Crippen LogP contribution in [0, 0.1) is 6.92 Å². The number of aromatic nitrogens is 1. The Bertz CT molecular complexity index is 1290. The van der Waals surface area contributed by atoms with Crippen LogP contribution < -0.4 is 10.6 Å². The number of anilines is 2. The zero-order valence-electron chi connectivity index (χ0n) is 18.5. The fourth-order valence-electron chi connectivity index (χ4n) is 3.07. The fourth-order valence-corrected chi connectivity index (χ4v) is 4.93. The number of halogens is 1. The summed E-state index contributed by atoms with van der Waals surface area (Å²) in [5, 5.41) is 7.99. The van der Waals surface area contributed by atoms with Gasteiger partial charge in [-0.1, -0.05) is 45.8 Å². The standard InChI is InChI=1S/C26H22BrN3O2S2/c1-16-3-5-19(6-4-16)25(32)28-21-11-13-22(14-12-21)34-17(2)24(31)30-26-29-23(15-33-26)18-7-9-20(27)10-8-18/h3-15,17H,1-2H3,(H,28,32)(H,29,30,31). The summed E-state index contributed by atoms with van der Waals surface area (Å²) in [6, 6.07) is 22.8. The fraction of sp³-hybridized carbons (Fsp3) is 0.115. The Morgan fingerprint density at radius 2 is 1.62 bits per heavy atom. The van der Waals surface area contributed by atoms with E-state index in [9.17, 15) is 9.59 Å². The molecule has 0 aliphatic rings. The van der Waals surface area contributed by atoms with E-state index < -0.39 is 0 Å². The molecule has 0 aliphatic heterocycles. The van der Waals surface area contributed by atoms with Crippen LogP contribution in [0.5, 0.6) is 0 Å². The highest BCUT2D eigenvalue weighted by atomic mass is 79.9. The summed E-state index contributed by atoms with van der Waals surface area (Å²) >= 11 is 6.28. The van der Waals surface area contributed by atoms with Crippen LogP contribution in [0.2, 0.25) is 0 Å². The molecule has 172 valence electrons. The van der Waals surface area contributed by atoms with E-state index in [-0.39, 0.29) is 17.1 Å². The zero-order chi connectivity index (χ0) is 24.1. The first-order valence-corrected chi connectivity index (χ1v) is 13.1. The Hall–Kier alpha value is -2.94. The molecule has 1 aromatic heterocycles. The summed E-state index contributed by atoms with van der Waals surface area (Å²) in [5.74, 6) is -0.266. The van der Waals surface area contributed by atoms with E-state index in [1.165, 1.54) is 23.1 Å². The maximum atomic E-state index is 12.7. The number of amides is 2. The molecule has 0 radical (unpaired) electrons. The van der Waals surface area contributed by atoms with Crippen LogP contribution in [-0.2, 0) is 4.79 Å². The van der Waals surface area contributed by atoms with Gasteiger partial charge in [-0.3, -0.25) is 9.59 Å². The lowest BCUT2D eigenvalue weighted by atomic mass is 10.1. The smallest absolute Gasteiger partial charge is 0.255 e. The van der Waals surface area contributed by atoms with Gasteiger partial charge in [0.15, 0.2) is 5.13 Å². The van der Waals surface area contributed by atoms with Crippen LogP contribution >= 0.6 is 39.0 Å². The number of rotatable bonds is 7. The van der Waals surface area contributed by atoms with Crippen LogP contribution in [-0.4, -0.2) is 22.0 Å². The van der Waals surface area contributed by atoms with E-state index >= 15 is 0 Å². The van der Waals surface area contributed by atoms with Gasteiger partial charge in [-0.15, -0.1) is 23.1 Å². The molecule has 0 bridgehead atoms. The van der Waals surface area contributed by atoms with Crippen molar-refractivity contribution in [1.29, 1.82) is 0 Å². The van der Waals surface area contributed by atoms with Crippen molar-refractivity contribution in [1.82, 2.24) is 4.98 Å². The lowest BCUT2D eigenvalue weighted by molar-refractivity contribution is -0.115. The highest BCUT2D eigenvalue weighted by Crippen LogP contribution is 2.29. The Balaban J connectivity index is 1.31. The topological polar surface area (TPSA) is 71.1 Å². The van der Waals surface area contributed by atoms with Crippen molar-refractivity contribution >= 4 is 61.7 Å². The van der Waals surface area contributed by atoms with Crippen molar-refractivity contribution < 1.29 is 9.59 Å². The molecule has 1 atom stereocenters. The lowest BCUT2D eigenvalue weighted by Crippen LogP contribution is -2.22. The number of nitrogens with zero attached hydrogens (tertiary/aromatic N) is 1. The summed E-state index contributed by atoms with van der Waals surface area (Å²) in [4.78, 5) is 30.5. The van der Waals surface area contributed by atoms with Crippen LogP contribution in [0.3, 0.4) is 0 Å². The molecule has 0 aliphatic carbocycles. The summed E-state index contributed by atoms with van der Waals surface area (Å²) in [7, 11) is 0. The third kappa shape index (κ3) is 6.34. The van der Waals surface area contributed by atoms with Gasteiger partial charge < -0.3 is 10.6 Å². The van der Waals surface area contributed by atoms with Crippen molar-refractivity contribution in [2.24, 2.45) is 0 Å². The molecule has 4 aromatic rings. The van der Waals surface area contributed by atoms with Crippen molar-refractivity contribution in [3.8, 4) is 11.3 Å². The van der Waals surface area contributed by atoms with E-state index in [1.54, 1.807) is 12.1 Å². The van der Waals surface area contributed by atoms with Gasteiger partial charge in [0.1, 0.15) is 0 Å². The van der Waals surface area contributed by atoms with Gasteiger partial charge in [0, 0.05) is 31.6 Å². The largest absolute Gasteiger partial charge is 0.322 e. The second-order valence-electron chi connectivity index (χ2n) is 7.64. The molecule has 0 spiro atoms. The highest BCUT2D eigenvalue weighted by Gasteiger charge is 2.17. The Morgan fingerprint density at radius 3 is 2.29 bits per heavy atom. The van der Waals surface area contributed by atoms with E-state index in [0.717, 1.165) is 26.2 Å². The number of carbonyl (C=O) groups excluding carboxylic acids is 2. The SMILES string of the molecule is Cc1ccc(C(=O)Nc2ccc(SC(C)C(=O)Nc3nc(-c4ccc(Br)cc4)cs3)cc2)cc1. The molecule has 4 rings (SSSR count). The predicted octanol–water partition coefficient (Wildman–Crippen LogP) is 7.25. The molecular weight excluding hydrogens is 530 g/mol. The monoisotopic (exact) mass is 551 g/mol. The molecule has 3 aromatic carbocycles. The first-order valence-electron chi connectivity index (χ1n) is 10.5. The van der Waals surface area contributed by atoms with Crippen LogP contribution in [0.25, 0.3) is 11.3 Å². The van der Waals surface area contributed by atoms with Gasteiger partial charge in [-0.25, -0.2) is 4.98 Å². The van der Waals surface area contributed by atoms with Gasteiger partial charge in [0.05, 0.1) is 10.9 Å². The summed E-state index contributed by atoms with van der Waals surface area (Å²) in [6.07, 6.45) is 0. The first-order chi connectivity index (χ1) is 16.4. The van der Waals surface area contributed by atoms with Gasteiger partial charge in [0.2, 0.25) is 5.91 Å². The summed E-state index contributed by atoms with van der Waals surface area (Å²) in [6.45, 7) is 3.84. The second kappa shape index (κ2) is 11.0. The van der Waals surface area contributed by atoms with Crippen molar-refractivity contribution in [3.05, 3.63) is 93.8 Å². The average Bonchev–Trinajstić information content (AvgIpc) is 3.29. The van der Waals surface area contributed by atoms with E-state index in [1.807, 2.05) is 79.9 Å². The van der Waals surface area contributed by atoms with Crippen LogP contribution in [0.1, 0.15) is 22.8 Å². The molecule has 2 N–H and O–H groups in total. The minimum Gasteiger partial charge on any atom is -0.322 e. The van der Waals surface area contributed by atoms with Gasteiger partial charge >= 0.3 is 0 Å². The number of benzene rings is 3. The summed E-state index contributed by atoms with van der Waals surface area (Å²) < 4.78 is 1.01. The molecule has 5 nitrogen and oxygen atoms in total. The van der Waals surface area contributed by atoms with Gasteiger partial charge in [0.25, 0.3) is 5.91 Å². The molecule has 8 heteroatoms. The Morgan fingerprint density at radius 1 is 0.941 bits per heavy atom. The van der Waals surface area contributed by atoms with E-state index in [4.69, 9.17) is 0 Å². The molecule has 2 amide bonds. The first kappa shape index (κ1) is 24.2. The van der Waals surface area contributed by atoms with Crippen LogP contribution in [0.4, 0.5) is 10.8 Å². The Kier molecular flexibility index (Phi) is 7.82. The normalized spacial score (nSPS) is 11.6. The van der Waals surface area contributed by atoms with E-state index in [0.29, 0.717) is 16.4 Å². The van der Waals surface area contributed by atoms with Crippen molar-refractivity contribution in [2.45, 2.75) is 24.0 Å². The minimum absolute atomic E-state index is 0.113. The van der Waals surface area contributed by atoms with Crippen molar-refractivity contribution in [3.63, 3.8) is 0 Å². The van der Waals surface area contributed by atoms with Crippen molar-refractivity contribution in [2.75, 3.05) is 10.6 Å². The van der Waals surface area contributed by atoms with Crippen LogP contribution in [0.15, 0.2) is 87.5 Å². The lowest BCUT2D eigenvalue weighted by Gasteiger charge is -2.11. The highest BCUT2D eigenvalue weighted by molar-refractivity contribution is 9.10.